The summed E-state index contributed by atoms with van der Waals surface area (Å²) in [5.74, 6) is -1.60. The van der Waals surface area contributed by atoms with Gasteiger partial charge in [0, 0.05) is 31.1 Å². The van der Waals surface area contributed by atoms with Crippen molar-refractivity contribution in [2.24, 2.45) is 5.92 Å². The number of amides is 2. The standard InChI is InChI=1S/C17H22F2N2O3/c1-17(23-7-8-24-17)13-3-2-6-21(11-13)16(22)20-10-12-9-14(18)4-5-15(12)19/h4-5,9,13H,2-3,6-8,10-11H2,1H3,(H,20,22)/t13-/m0/s1. The Hall–Kier alpha value is -1.73. The van der Waals surface area contributed by atoms with Crippen LogP contribution in [0.4, 0.5) is 13.6 Å². The first kappa shape index (κ1) is 17.1. The van der Waals surface area contributed by atoms with E-state index in [0.717, 1.165) is 31.0 Å². The summed E-state index contributed by atoms with van der Waals surface area (Å²) in [6.45, 7) is 4.15. The molecule has 2 aliphatic heterocycles. The van der Waals surface area contributed by atoms with Gasteiger partial charge in [-0.1, -0.05) is 0 Å². The molecule has 2 fully saturated rings. The number of urea groups is 1. The number of rotatable bonds is 3. The average molecular weight is 340 g/mol. The van der Waals surface area contributed by atoms with Crippen LogP contribution in [0, 0.1) is 17.6 Å². The molecule has 5 nitrogen and oxygen atoms in total. The molecule has 0 aromatic heterocycles. The highest BCUT2D eigenvalue weighted by atomic mass is 19.1. The molecular formula is C17H22F2N2O3. The van der Waals surface area contributed by atoms with E-state index in [1.165, 1.54) is 0 Å². The van der Waals surface area contributed by atoms with Crippen molar-refractivity contribution in [3.63, 3.8) is 0 Å². The number of hydrogen-bond acceptors (Lipinski definition) is 3. The van der Waals surface area contributed by atoms with Gasteiger partial charge in [-0.2, -0.15) is 0 Å². The van der Waals surface area contributed by atoms with Crippen LogP contribution in [0.5, 0.6) is 0 Å². The second-order valence-electron chi connectivity index (χ2n) is 6.39. The third-order valence-electron chi connectivity index (χ3n) is 4.75. The molecule has 0 saturated carbocycles. The second-order valence-corrected chi connectivity index (χ2v) is 6.39. The zero-order valence-corrected chi connectivity index (χ0v) is 13.7. The molecule has 1 atom stereocenters. The van der Waals surface area contributed by atoms with Crippen LogP contribution in [0.2, 0.25) is 0 Å². The van der Waals surface area contributed by atoms with E-state index in [4.69, 9.17) is 9.47 Å². The zero-order valence-electron chi connectivity index (χ0n) is 13.7. The number of likely N-dealkylation sites (tertiary alicyclic amines) is 1. The summed E-state index contributed by atoms with van der Waals surface area (Å²) >= 11 is 0. The van der Waals surface area contributed by atoms with Gasteiger partial charge in [-0.15, -0.1) is 0 Å². The van der Waals surface area contributed by atoms with Crippen LogP contribution in [-0.2, 0) is 16.0 Å². The van der Waals surface area contributed by atoms with E-state index >= 15 is 0 Å². The maximum atomic E-state index is 13.6. The van der Waals surface area contributed by atoms with E-state index in [2.05, 4.69) is 5.32 Å². The van der Waals surface area contributed by atoms with Crippen molar-refractivity contribution < 1.29 is 23.0 Å². The third kappa shape index (κ3) is 3.67. The first-order valence-corrected chi connectivity index (χ1v) is 8.22. The van der Waals surface area contributed by atoms with Gasteiger partial charge in [0.2, 0.25) is 0 Å². The third-order valence-corrected chi connectivity index (χ3v) is 4.75. The minimum absolute atomic E-state index is 0.0478. The van der Waals surface area contributed by atoms with Crippen molar-refractivity contribution >= 4 is 6.03 Å². The highest BCUT2D eigenvalue weighted by molar-refractivity contribution is 5.74. The van der Waals surface area contributed by atoms with Crippen molar-refractivity contribution in [3.8, 4) is 0 Å². The molecule has 1 N–H and O–H groups in total. The molecule has 24 heavy (non-hydrogen) atoms. The molecule has 0 spiro atoms. The van der Waals surface area contributed by atoms with Gasteiger partial charge in [-0.3, -0.25) is 0 Å². The SMILES string of the molecule is CC1([C@H]2CCCN(C(=O)NCc3cc(F)ccc3F)C2)OCCO1. The van der Waals surface area contributed by atoms with Crippen LogP contribution >= 0.6 is 0 Å². The number of halogens is 2. The lowest BCUT2D eigenvalue weighted by Crippen LogP contribution is -2.51. The maximum absolute atomic E-state index is 13.6. The van der Waals surface area contributed by atoms with E-state index in [0.29, 0.717) is 26.3 Å². The topological polar surface area (TPSA) is 50.8 Å². The molecule has 2 aliphatic rings. The minimum Gasteiger partial charge on any atom is -0.347 e. The summed E-state index contributed by atoms with van der Waals surface area (Å²) in [5, 5.41) is 2.66. The number of carbonyl (C=O) groups excluding carboxylic acids is 1. The first-order chi connectivity index (χ1) is 11.5. The summed E-state index contributed by atoms with van der Waals surface area (Å²) in [5.41, 5.74) is 0.131. The van der Waals surface area contributed by atoms with Crippen molar-refractivity contribution in [2.75, 3.05) is 26.3 Å². The highest BCUT2D eigenvalue weighted by Crippen LogP contribution is 2.34. The summed E-state index contributed by atoms with van der Waals surface area (Å²) in [7, 11) is 0. The van der Waals surface area contributed by atoms with Gasteiger partial charge in [-0.25, -0.2) is 13.6 Å². The largest absolute Gasteiger partial charge is 0.347 e. The van der Waals surface area contributed by atoms with E-state index in [1.807, 2.05) is 6.92 Å². The smallest absolute Gasteiger partial charge is 0.317 e. The Balaban J connectivity index is 1.57. The van der Waals surface area contributed by atoms with Gasteiger partial charge >= 0.3 is 6.03 Å². The van der Waals surface area contributed by atoms with Crippen LogP contribution in [0.3, 0.4) is 0 Å². The predicted molar refractivity (Wildman–Crippen MR) is 83.2 cm³/mol. The lowest BCUT2D eigenvalue weighted by atomic mass is 9.90. The van der Waals surface area contributed by atoms with Gasteiger partial charge in [0.25, 0.3) is 0 Å². The molecule has 0 aliphatic carbocycles. The molecule has 0 bridgehead atoms. The van der Waals surface area contributed by atoms with Gasteiger partial charge in [0.15, 0.2) is 5.79 Å². The molecule has 2 heterocycles. The van der Waals surface area contributed by atoms with Crippen LogP contribution in [0.15, 0.2) is 18.2 Å². The number of nitrogens with zero attached hydrogens (tertiary/aromatic N) is 1. The molecule has 2 saturated heterocycles. The zero-order chi connectivity index (χ0) is 17.2. The molecule has 0 unspecified atom stereocenters. The lowest BCUT2D eigenvalue weighted by Gasteiger charge is -2.39. The summed E-state index contributed by atoms with van der Waals surface area (Å²) in [6, 6.07) is 2.92. The monoisotopic (exact) mass is 340 g/mol. The predicted octanol–water partition coefficient (Wildman–Crippen LogP) is 2.65. The quantitative estimate of drug-likeness (QED) is 0.920. The molecule has 1 aromatic carbocycles. The molecule has 3 rings (SSSR count). The van der Waals surface area contributed by atoms with Crippen LogP contribution < -0.4 is 5.32 Å². The minimum atomic E-state index is -0.645. The molecule has 132 valence electrons. The number of benzene rings is 1. The molecule has 1 aromatic rings. The maximum Gasteiger partial charge on any atom is 0.317 e. The Kier molecular flexibility index (Phi) is 5.01. The Morgan fingerprint density at radius 2 is 2.12 bits per heavy atom. The van der Waals surface area contributed by atoms with E-state index in [1.54, 1.807) is 4.90 Å². The van der Waals surface area contributed by atoms with E-state index < -0.39 is 17.4 Å². The number of piperidine rings is 1. The summed E-state index contributed by atoms with van der Waals surface area (Å²) in [4.78, 5) is 14.0. The van der Waals surface area contributed by atoms with E-state index in [9.17, 15) is 13.6 Å². The Morgan fingerprint density at radius 1 is 1.38 bits per heavy atom. The summed E-state index contributed by atoms with van der Waals surface area (Å²) in [6.07, 6.45) is 1.79. The van der Waals surface area contributed by atoms with Crippen molar-refractivity contribution in [1.82, 2.24) is 10.2 Å². The molecule has 2 amide bonds. The van der Waals surface area contributed by atoms with Gasteiger partial charge in [0.1, 0.15) is 11.6 Å². The summed E-state index contributed by atoms with van der Waals surface area (Å²) < 4.78 is 38.2. The molecule has 0 radical (unpaired) electrons. The Morgan fingerprint density at radius 3 is 2.88 bits per heavy atom. The fourth-order valence-electron chi connectivity index (χ4n) is 3.32. The Bertz CT molecular complexity index is 605. The normalized spacial score (nSPS) is 23.3. The van der Waals surface area contributed by atoms with Crippen LogP contribution in [0.25, 0.3) is 0 Å². The van der Waals surface area contributed by atoms with Crippen molar-refractivity contribution in [3.05, 3.63) is 35.4 Å². The fourth-order valence-corrected chi connectivity index (χ4v) is 3.32. The second kappa shape index (κ2) is 7.03. The van der Waals surface area contributed by atoms with Crippen molar-refractivity contribution in [1.29, 1.82) is 0 Å². The van der Waals surface area contributed by atoms with Crippen LogP contribution in [-0.4, -0.2) is 43.0 Å². The fraction of sp³-hybridized carbons (Fsp3) is 0.588. The average Bonchev–Trinajstić information content (AvgIpc) is 3.03. The van der Waals surface area contributed by atoms with E-state index in [-0.39, 0.29) is 24.1 Å². The Labute approximate surface area is 139 Å². The lowest BCUT2D eigenvalue weighted by molar-refractivity contribution is -0.189. The number of ether oxygens (including phenoxy) is 2. The first-order valence-electron chi connectivity index (χ1n) is 8.22. The number of hydrogen-bond donors (Lipinski definition) is 1. The number of carbonyl (C=O) groups is 1. The van der Waals surface area contributed by atoms with Gasteiger partial charge < -0.3 is 19.7 Å². The molecule has 7 heteroatoms. The van der Waals surface area contributed by atoms with Gasteiger partial charge in [0.05, 0.1) is 13.2 Å². The highest BCUT2D eigenvalue weighted by Gasteiger charge is 2.42. The number of nitrogens with one attached hydrogen (secondary N) is 1. The molecular weight excluding hydrogens is 318 g/mol. The van der Waals surface area contributed by atoms with Crippen LogP contribution in [0.1, 0.15) is 25.3 Å². The van der Waals surface area contributed by atoms with Gasteiger partial charge in [-0.05, 0) is 38.0 Å². The van der Waals surface area contributed by atoms with Crippen molar-refractivity contribution in [2.45, 2.75) is 32.1 Å².